The van der Waals surface area contributed by atoms with Gasteiger partial charge in [0.15, 0.2) is 0 Å². The van der Waals surface area contributed by atoms with Crippen LogP contribution in [-0.4, -0.2) is 33.5 Å². The summed E-state index contributed by atoms with van der Waals surface area (Å²) in [7, 11) is 0. The molecule has 1 rings (SSSR count). The first kappa shape index (κ1) is 14.0. The number of amides is 1. The predicted molar refractivity (Wildman–Crippen MR) is 66.0 cm³/mol. The van der Waals surface area contributed by atoms with Crippen LogP contribution in [0.25, 0.3) is 0 Å². The molecule has 6 nitrogen and oxygen atoms in total. The van der Waals surface area contributed by atoms with Crippen LogP contribution in [0.2, 0.25) is 0 Å². The Kier molecular flexibility index (Phi) is 5.67. The van der Waals surface area contributed by atoms with Gasteiger partial charge in [-0.25, -0.2) is 9.78 Å². The zero-order chi connectivity index (χ0) is 13.4. The van der Waals surface area contributed by atoms with E-state index >= 15 is 0 Å². The Morgan fingerprint density at radius 2 is 2.28 bits per heavy atom. The van der Waals surface area contributed by atoms with Gasteiger partial charge in [-0.15, -0.1) is 11.8 Å². The molecule has 0 spiro atoms. The van der Waals surface area contributed by atoms with Crippen LogP contribution in [0.1, 0.15) is 16.1 Å². The van der Waals surface area contributed by atoms with Crippen molar-refractivity contribution in [3.63, 3.8) is 0 Å². The van der Waals surface area contributed by atoms with E-state index in [2.05, 4.69) is 10.3 Å². The van der Waals surface area contributed by atoms with Gasteiger partial charge in [-0.1, -0.05) is 6.07 Å². The van der Waals surface area contributed by atoms with E-state index in [1.54, 1.807) is 6.07 Å². The first-order valence-electron chi connectivity index (χ1n) is 5.03. The maximum Gasteiger partial charge on any atom is 0.354 e. The fraction of sp³-hybridized carbons (Fsp3) is 0.273. The molecule has 1 aromatic heterocycles. The number of nitrogens with one attached hydrogen (secondary N) is 1. The lowest BCUT2D eigenvalue weighted by Gasteiger charge is -2.04. The second-order valence-corrected chi connectivity index (χ2v) is 4.27. The molecular formula is C11H11N3O3S. The SMILES string of the molecule is N#CCSCC(=O)NCc1ccc(C(=O)O)nc1. The monoisotopic (exact) mass is 265 g/mol. The molecule has 2 N–H and O–H groups in total. The number of nitrogens with zero attached hydrogens (tertiary/aromatic N) is 2. The molecule has 0 atom stereocenters. The third-order valence-corrected chi connectivity index (χ3v) is 2.73. The van der Waals surface area contributed by atoms with Crippen molar-refractivity contribution in [1.29, 1.82) is 5.26 Å². The van der Waals surface area contributed by atoms with Gasteiger partial charge >= 0.3 is 5.97 Å². The second kappa shape index (κ2) is 7.29. The molecule has 18 heavy (non-hydrogen) atoms. The van der Waals surface area contributed by atoms with Gasteiger partial charge < -0.3 is 10.4 Å². The number of carboxylic acid groups (broad SMARTS) is 1. The zero-order valence-corrected chi connectivity index (χ0v) is 10.2. The highest BCUT2D eigenvalue weighted by Crippen LogP contribution is 2.01. The van der Waals surface area contributed by atoms with E-state index in [0.29, 0.717) is 6.54 Å². The van der Waals surface area contributed by atoms with Crippen molar-refractivity contribution in [2.24, 2.45) is 0 Å². The Hall–Kier alpha value is -2.07. The summed E-state index contributed by atoms with van der Waals surface area (Å²) in [6.45, 7) is 0.291. The number of rotatable bonds is 6. The van der Waals surface area contributed by atoms with E-state index in [0.717, 1.165) is 5.56 Å². The number of carboxylic acids is 1. The van der Waals surface area contributed by atoms with Crippen LogP contribution >= 0.6 is 11.8 Å². The van der Waals surface area contributed by atoms with Crippen LogP contribution in [0.4, 0.5) is 0 Å². The van der Waals surface area contributed by atoms with Gasteiger partial charge in [0.25, 0.3) is 0 Å². The number of thioether (sulfide) groups is 1. The number of aromatic carboxylic acids is 1. The average Bonchev–Trinajstić information content (AvgIpc) is 2.37. The van der Waals surface area contributed by atoms with Gasteiger partial charge in [0.2, 0.25) is 5.91 Å². The summed E-state index contributed by atoms with van der Waals surface area (Å²) >= 11 is 1.24. The predicted octanol–water partition coefficient (Wildman–Crippen LogP) is 0.653. The fourth-order valence-corrected chi connectivity index (χ4v) is 1.58. The number of hydrogen-bond donors (Lipinski definition) is 2. The van der Waals surface area contributed by atoms with Crippen LogP contribution < -0.4 is 5.32 Å². The highest BCUT2D eigenvalue weighted by Gasteiger charge is 2.05. The van der Waals surface area contributed by atoms with Gasteiger partial charge in [0.1, 0.15) is 5.69 Å². The molecule has 0 bridgehead atoms. The maximum atomic E-state index is 11.3. The summed E-state index contributed by atoms with van der Waals surface area (Å²) in [5.74, 6) is -0.743. The molecule has 0 aromatic carbocycles. The molecule has 94 valence electrons. The minimum Gasteiger partial charge on any atom is -0.477 e. The van der Waals surface area contributed by atoms with Crippen LogP contribution in [-0.2, 0) is 11.3 Å². The van der Waals surface area contributed by atoms with Crippen LogP contribution in [0.3, 0.4) is 0 Å². The largest absolute Gasteiger partial charge is 0.477 e. The molecule has 1 heterocycles. The minimum atomic E-state index is -1.08. The number of carbonyl (C=O) groups excluding carboxylic acids is 1. The van der Waals surface area contributed by atoms with Crippen molar-refractivity contribution >= 4 is 23.6 Å². The molecule has 0 aliphatic heterocycles. The maximum absolute atomic E-state index is 11.3. The molecule has 0 radical (unpaired) electrons. The number of carbonyl (C=O) groups is 2. The van der Waals surface area contributed by atoms with E-state index < -0.39 is 5.97 Å². The second-order valence-electron chi connectivity index (χ2n) is 3.28. The molecule has 0 aliphatic rings. The Morgan fingerprint density at radius 1 is 1.50 bits per heavy atom. The van der Waals surface area contributed by atoms with Crippen molar-refractivity contribution in [3.05, 3.63) is 29.6 Å². The van der Waals surface area contributed by atoms with Crippen molar-refractivity contribution in [2.75, 3.05) is 11.5 Å². The number of nitriles is 1. The van der Waals surface area contributed by atoms with Gasteiger partial charge in [-0.3, -0.25) is 4.79 Å². The molecule has 7 heteroatoms. The minimum absolute atomic E-state index is 0.0327. The van der Waals surface area contributed by atoms with Gasteiger partial charge in [0, 0.05) is 12.7 Å². The topological polar surface area (TPSA) is 103 Å². The average molecular weight is 265 g/mol. The molecule has 0 saturated heterocycles. The van der Waals surface area contributed by atoms with Gasteiger partial charge in [-0.2, -0.15) is 5.26 Å². The summed E-state index contributed by atoms with van der Waals surface area (Å²) in [6, 6.07) is 4.91. The molecule has 0 saturated carbocycles. The van der Waals surface area contributed by atoms with E-state index in [9.17, 15) is 9.59 Å². The first-order valence-corrected chi connectivity index (χ1v) is 6.18. The Morgan fingerprint density at radius 3 is 2.83 bits per heavy atom. The highest BCUT2D eigenvalue weighted by molar-refractivity contribution is 8.00. The molecule has 0 unspecified atom stereocenters. The third-order valence-electron chi connectivity index (χ3n) is 1.93. The molecule has 1 amide bonds. The van der Waals surface area contributed by atoms with E-state index in [1.165, 1.54) is 24.0 Å². The third kappa shape index (κ3) is 4.84. The fourth-order valence-electron chi connectivity index (χ4n) is 1.10. The van der Waals surface area contributed by atoms with Crippen molar-refractivity contribution in [1.82, 2.24) is 10.3 Å². The molecular weight excluding hydrogens is 254 g/mol. The highest BCUT2D eigenvalue weighted by atomic mass is 32.2. The van der Waals surface area contributed by atoms with Crippen LogP contribution in [0.15, 0.2) is 18.3 Å². The Balaban J connectivity index is 2.37. The summed E-state index contributed by atoms with van der Waals surface area (Å²) in [6.07, 6.45) is 1.41. The summed E-state index contributed by atoms with van der Waals surface area (Å²) in [4.78, 5) is 25.6. The van der Waals surface area contributed by atoms with Crippen LogP contribution in [0.5, 0.6) is 0 Å². The summed E-state index contributed by atoms with van der Waals surface area (Å²) in [5.41, 5.74) is 0.688. The molecule has 0 fully saturated rings. The van der Waals surface area contributed by atoms with Crippen LogP contribution in [0, 0.1) is 11.3 Å². The van der Waals surface area contributed by atoms with Gasteiger partial charge in [0.05, 0.1) is 17.6 Å². The summed E-state index contributed by atoms with van der Waals surface area (Å²) < 4.78 is 0. The quantitative estimate of drug-likeness (QED) is 0.732. The van der Waals surface area contributed by atoms with Crippen molar-refractivity contribution in [2.45, 2.75) is 6.54 Å². The van der Waals surface area contributed by atoms with E-state index in [4.69, 9.17) is 10.4 Å². The summed E-state index contributed by atoms with van der Waals surface area (Å²) in [5, 5.41) is 19.6. The lowest BCUT2D eigenvalue weighted by molar-refractivity contribution is -0.118. The lowest BCUT2D eigenvalue weighted by Crippen LogP contribution is -2.24. The molecule has 1 aromatic rings. The van der Waals surface area contributed by atoms with Gasteiger partial charge in [-0.05, 0) is 11.6 Å². The molecule has 0 aliphatic carbocycles. The lowest BCUT2D eigenvalue weighted by atomic mass is 10.2. The smallest absolute Gasteiger partial charge is 0.354 e. The number of pyridine rings is 1. The Labute approximate surface area is 108 Å². The van der Waals surface area contributed by atoms with E-state index in [-0.39, 0.29) is 23.1 Å². The number of aromatic nitrogens is 1. The Bertz CT molecular complexity index is 467. The van der Waals surface area contributed by atoms with Crippen molar-refractivity contribution in [3.8, 4) is 6.07 Å². The zero-order valence-electron chi connectivity index (χ0n) is 9.42. The normalized spacial score (nSPS) is 9.50. The first-order chi connectivity index (χ1) is 8.63. The van der Waals surface area contributed by atoms with Crippen molar-refractivity contribution < 1.29 is 14.7 Å². The van der Waals surface area contributed by atoms with E-state index in [1.807, 2.05) is 6.07 Å². The number of hydrogen-bond acceptors (Lipinski definition) is 5. The standard InChI is InChI=1S/C11H11N3O3S/c12-3-4-18-7-10(15)14-6-8-1-2-9(11(16)17)13-5-8/h1-2,5H,4,6-7H2,(H,14,15)(H,16,17).